The number of methoxy groups -OCH3 is 1. The van der Waals surface area contributed by atoms with E-state index in [4.69, 9.17) is 22.1 Å². The number of halogens is 2. The summed E-state index contributed by atoms with van der Waals surface area (Å²) in [5, 5.41) is 3.36. The Kier molecular flexibility index (Phi) is 3.88. The summed E-state index contributed by atoms with van der Waals surface area (Å²) in [6, 6.07) is 7.16. The van der Waals surface area contributed by atoms with Crippen molar-refractivity contribution in [1.82, 2.24) is 9.97 Å². The summed E-state index contributed by atoms with van der Waals surface area (Å²) in [6.45, 7) is 0. The molecule has 0 atom stereocenters. The Bertz CT molecular complexity index is 559. The molecule has 94 valence electrons. The fourth-order valence-corrected chi connectivity index (χ4v) is 2.06. The molecule has 5 nitrogen and oxygen atoms in total. The number of nitrogen functional groups attached to an aromatic ring is 1. The van der Waals surface area contributed by atoms with Crippen LogP contribution in [0.5, 0.6) is 5.75 Å². The number of anilines is 3. The van der Waals surface area contributed by atoms with Crippen molar-refractivity contribution >= 4 is 45.0 Å². The number of nitrogens with two attached hydrogens (primary N) is 1. The van der Waals surface area contributed by atoms with E-state index in [9.17, 15) is 0 Å². The first-order valence-corrected chi connectivity index (χ1v) is 6.15. The zero-order valence-electron chi connectivity index (χ0n) is 9.45. The van der Waals surface area contributed by atoms with E-state index >= 15 is 0 Å². The van der Waals surface area contributed by atoms with Gasteiger partial charge in [0.1, 0.15) is 16.7 Å². The van der Waals surface area contributed by atoms with Gasteiger partial charge < -0.3 is 15.8 Å². The highest BCUT2D eigenvalue weighted by molar-refractivity contribution is 9.10. The second kappa shape index (κ2) is 5.41. The number of hydrogen-bond acceptors (Lipinski definition) is 5. The maximum Gasteiger partial charge on any atom is 0.223 e. The second-order valence-electron chi connectivity index (χ2n) is 3.44. The summed E-state index contributed by atoms with van der Waals surface area (Å²) in [5.41, 5.74) is 6.32. The van der Waals surface area contributed by atoms with Crippen LogP contribution in [0.2, 0.25) is 5.15 Å². The molecule has 1 aromatic heterocycles. The Balaban J connectivity index is 2.30. The van der Waals surface area contributed by atoms with Gasteiger partial charge in [-0.1, -0.05) is 27.5 Å². The first kappa shape index (κ1) is 12.9. The third-order valence-corrected chi connectivity index (χ3v) is 2.74. The van der Waals surface area contributed by atoms with Crippen LogP contribution in [0.3, 0.4) is 0 Å². The standard InChI is InChI=1S/C11H10BrClN4O/c1-18-8-3-6(12)2-7(4-8)15-10-5-9(13)16-11(14)17-10/h2-5H,1H3,(H3,14,15,16,17). The zero-order valence-corrected chi connectivity index (χ0v) is 11.8. The Morgan fingerprint density at radius 3 is 2.72 bits per heavy atom. The lowest BCUT2D eigenvalue weighted by molar-refractivity contribution is 0.415. The number of aromatic nitrogens is 2. The van der Waals surface area contributed by atoms with Crippen molar-refractivity contribution in [2.75, 3.05) is 18.2 Å². The zero-order chi connectivity index (χ0) is 13.1. The molecule has 0 aliphatic heterocycles. The summed E-state index contributed by atoms with van der Waals surface area (Å²) in [5.74, 6) is 1.36. The van der Waals surface area contributed by atoms with Gasteiger partial charge in [0, 0.05) is 22.3 Å². The van der Waals surface area contributed by atoms with E-state index in [-0.39, 0.29) is 11.1 Å². The van der Waals surface area contributed by atoms with Crippen LogP contribution in [0.4, 0.5) is 17.5 Å². The molecule has 2 aromatic rings. The molecular weight excluding hydrogens is 320 g/mol. The van der Waals surface area contributed by atoms with Crippen molar-refractivity contribution in [1.29, 1.82) is 0 Å². The van der Waals surface area contributed by atoms with Crippen molar-refractivity contribution in [2.45, 2.75) is 0 Å². The quantitative estimate of drug-likeness (QED) is 0.846. The molecule has 0 amide bonds. The molecule has 2 rings (SSSR count). The Labute approximate surface area is 117 Å². The smallest absolute Gasteiger partial charge is 0.223 e. The molecule has 0 spiro atoms. The highest BCUT2D eigenvalue weighted by Gasteiger charge is 2.03. The molecule has 0 saturated carbocycles. The largest absolute Gasteiger partial charge is 0.497 e. The summed E-state index contributed by atoms with van der Waals surface area (Å²) >= 11 is 9.19. The minimum Gasteiger partial charge on any atom is -0.497 e. The molecule has 1 aromatic carbocycles. The van der Waals surface area contributed by atoms with Crippen LogP contribution in [0.15, 0.2) is 28.7 Å². The summed E-state index contributed by atoms with van der Waals surface area (Å²) in [4.78, 5) is 7.81. The Morgan fingerprint density at radius 1 is 1.28 bits per heavy atom. The van der Waals surface area contributed by atoms with Crippen LogP contribution in [-0.2, 0) is 0 Å². The van der Waals surface area contributed by atoms with E-state index in [1.807, 2.05) is 18.2 Å². The number of hydrogen-bond donors (Lipinski definition) is 2. The van der Waals surface area contributed by atoms with Gasteiger partial charge in [0.15, 0.2) is 0 Å². The fourth-order valence-electron chi connectivity index (χ4n) is 1.40. The van der Waals surface area contributed by atoms with Gasteiger partial charge in [-0.2, -0.15) is 4.98 Å². The molecule has 3 N–H and O–H groups in total. The first-order chi connectivity index (χ1) is 8.56. The minimum atomic E-state index is 0.118. The van der Waals surface area contributed by atoms with Crippen molar-refractivity contribution in [3.05, 3.63) is 33.9 Å². The minimum absolute atomic E-state index is 0.118. The summed E-state index contributed by atoms with van der Waals surface area (Å²) in [7, 11) is 1.60. The molecular formula is C11H10BrClN4O. The van der Waals surface area contributed by atoms with Gasteiger partial charge in [-0.15, -0.1) is 0 Å². The predicted molar refractivity (Wildman–Crippen MR) is 75.4 cm³/mol. The van der Waals surface area contributed by atoms with Crippen LogP contribution in [0.1, 0.15) is 0 Å². The molecule has 7 heteroatoms. The summed E-state index contributed by atoms with van der Waals surface area (Å²) < 4.78 is 6.05. The van der Waals surface area contributed by atoms with Gasteiger partial charge in [0.05, 0.1) is 7.11 Å². The lowest BCUT2D eigenvalue weighted by atomic mass is 10.3. The molecule has 0 unspecified atom stereocenters. The van der Waals surface area contributed by atoms with Gasteiger partial charge in [-0.3, -0.25) is 0 Å². The van der Waals surface area contributed by atoms with E-state index < -0.39 is 0 Å². The van der Waals surface area contributed by atoms with E-state index in [0.29, 0.717) is 5.82 Å². The molecule has 1 heterocycles. The normalized spacial score (nSPS) is 10.2. The highest BCUT2D eigenvalue weighted by Crippen LogP contribution is 2.27. The topological polar surface area (TPSA) is 73.1 Å². The first-order valence-electron chi connectivity index (χ1n) is 4.98. The van der Waals surface area contributed by atoms with Gasteiger partial charge in [0.25, 0.3) is 0 Å². The van der Waals surface area contributed by atoms with Gasteiger partial charge >= 0.3 is 0 Å². The number of nitrogens with one attached hydrogen (secondary N) is 1. The van der Waals surface area contributed by atoms with Crippen molar-refractivity contribution in [3.63, 3.8) is 0 Å². The average molecular weight is 330 g/mol. The monoisotopic (exact) mass is 328 g/mol. The van der Waals surface area contributed by atoms with Gasteiger partial charge in [0.2, 0.25) is 5.95 Å². The van der Waals surface area contributed by atoms with E-state index in [2.05, 4.69) is 31.2 Å². The second-order valence-corrected chi connectivity index (χ2v) is 4.74. The van der Waals surface area contributed by atoms with E-state index in [1.54, 1.807) is 13.2 Å². The van der Waals surface area contributed by atoms with Crippen LogP contribution in [-0.4, -0.2) is 17.1 Å². The van der Waals surface area contributed by atoms with E-state index in [1.165, 1.54) is 0 Å². The number of benzene rings is 1. The van der Waals surface area contributed by atoms with Crippen molar-refractivity contribution in [2.24, 2.45) is 0 Å². The molecule has 0 saturated heterocycles. The van der Waals surface area contributed by atoms with Gasteiger partial charge in [-0.25, -0.2) is 4.98 Å². The van der Waals surface area contributed by atoms with Crippen molar-refractivity contribution < 1.29 is 4.74 Å². The van der Waals surface area contributed by atoms with Crippen LogP contribution >= 0.6 is 27.5 Å². The Hall–Kier alpha value is -1.53. The maximum atomic E-state index is 5.80. The van der Waals surface area contributed by atoms with E-state index in [0.717, 1.165) is 15.9 Å². The molecule has 0 aliphatic rings. The number of ether oxygens (including phenoxy) is 1. The number of rotatable bonds is 3. The average Bonchev–Trinajstić information content (AvgIpc) is 2.26. The van der Waals surface area contributed by atoms with Gasteiger partial charge in [-0.05, 0) is 12.1 Å². The van der Waals surface area contributed by atoms with Crippen molar-refractivity contribution in [3.8, 4) is 5.75 Å². The van der Waals surface area contributed by atoms with Crippen LogP contribution in [0.25, 0.3) is 0 Å². The Morgan fingerprint density at radius 2 is 2.06 bits per heavy atom. The SMILES string of the molecule is COc1cc(Br)cc(Nc2cc(Cl)nc(N)n2)c1. The molecule has 0 fully saturated rings. The predicted octanol–water partition coefficient (Wildman–Crippen LogP) is 3.23. The fraction of sp³-hybridized carbons (Fsp3) is 0.0909. The summed E-state index contributed by atoms with van der Waals surface area (Å²) in [6.07, 6.45) is 0. The molecule has 18 heavy (non-hydrogen) atoms. The maximum absolute atomic E-state index is 5.80. The third kappa shape index (κ3) is 3.24. The van der Waals surface area contributed by atoms with Crippen LogP contribution in [0, 0.1) is 0 Å². The lowest BCUT2D eigenvalue weighted by Crippen LogP contribution is -2.00. The molecule has 0 aliphatic carbocycles. The lowest BCUT2D eigenvalue weighted by Gasteiger charge is -2.09. The highest BCUT2D eigenvalue weighted by atomic mass is 79.9. The molecule has 0 radical (unpaired) electrons. The molecule has 0 bridgehead atoms. The van der Waals surface area contributed by atoms with Crippen LogP contribution < -0.4 is 15.8 Å². The number of nitrogens with zero attached hydrogens (tertiary/aromatic N) is 2. The third-order valence-electron chi connectivity index (χ3n) is 2.09.